The van der Waals surface area contributed by atoms with Crippen molar-refractivity contribution < 1.29 is 9.21 Å². The standard InChI is InChI=1S/C15H16N4O2/c20-15(6-5-13-2-1-7-21-13)18-8-12(9-18)19-10-14(16-17-19)11-3-4-11/h1-2,5-7,10-12H,3-4,8-9H2/b6-5+. The molecule has 4 rings (SSSR count). The summed E-state index contributed by atoms with van der Waals surface area (Å²) >= 11 is 0. The lowest BCUT2D eigenvalue weighted by atomic mass is 10.1. The van der Waals surface area contributed by atoms with E-state index in [0.717, 1.165) is 5.69 Å². The van der Waals surface area contributed by atoms with E-state index in [9.17, 15) is 4.79 Å². The molecule has 21 heavy (non-hydrogen) atoms. The van der Waals surface area contributed by atoms with Crippen molar-refractivity contribution in [3.05, 3.63) is 42.1 Å². The van der Waals surface area contributed by atoms with Crippen LogP contribution in [0.5, 0.6) is 0 Å². The fourth-order valence-electron chi connectivity index (χ4n) is 2.48. The summed E-state index contributed by atoms with van der Waals surface area (Å²) in [6.07, 6.45) is 9.31. The zero-order valence-corrected chi connectivity index (χ0v) is 11.6. The summed E-state index contributed by atoms with van der Waals surface area (Å²) in [5.41, 5.74) is 1.09. The molecular formula is C15H16N4O2. The molecule has 1 amide bonds. The van der Waals surface area contributed by atoms with E-state index < -0.39 is 0 Å². The lowest BCUT2D eigenvalue weighted by Gasteiger charge is -2.38. The molecule has 0 spiro atoms. The molecule has 108 valence electrons. The molecule has 0 radical (unpaired) electrons. The molecular weight excluding hydrogens is 268 g/mol. The SMILES string of the molecule is O=C(/C=C/c1ccco1)N1CC(n2cc(C3CC3)nn2)C1. The summed E-state index contributed by atoms with van der Waals surface area (Å²) < 4.78 is 7.05. The Morgan fingerprint density at radius 3 is 2.95 bits per heavy atom. The number of furan rings is 1. The molecule has 0 atom stereocenters. The van der Waals surface area contributed by atoms with Gasteiger partial charge in [-0.15, -0.1) is 5.10 Å². The van der Waals surface area contributed by atoms with E-state index in [2.05, 4.69) is 10.3 Å². The van der Waals surface area contributed by atoms with E-state index in [1.165, 1.54) is 12.8 Å². The van der Waals surface area contributed by atoms with Crippen LogP contribution in [0.4, 0.5) is 0 Å². The molecule has 2 aromatic rings. The lowest BCUT2D eigenvalue weighted by molar-refractivity contribution is -0.131. The molecule has 6 nitrogen and oxygen atoms in total. The van der Waals surface area contributed by atoms with Gasteiger partial charge in [0.25, 0.3) is 0 Å². The van der Waals surface area contributed by atoms with Crippen LogP contribution in [0.1, 0.15) is 36.3 Å². The molecule has 1 saturated heterocycles. The lowest BCUT2D eigenvalue weighted by Crippen LogP contribution is -2.50. The van der Waals surface area contributed by atoms with Gasteiger partial charge in [0.05, 0.1) is 18.0 Å². The third-order valence-electron chi connectivity index (χ3n) is 4.01. The number of hydrogen-bond donors (Lipinski definition) is 0. The van der Waals surface area contributed by atoms with E-state index in [4.69, 9.17) is 4.42 Å². The Morgan fingerprint density at radius 1 is 1.38 bits per heavy atom. The Hall–Kier alpha value is -2.37. The maximum atomic E-state index is 12.0. The number of nitrogens with zero attached hydrogens (tertiary/aromatic N) is 4. The van der Waals surface area contributed by atoms with Crippen molar-refractivity contribution in [1.82, 2.24) is 19.9 Å². The minimum Gasteiger partial charge on any atom is -0.465 e. The third kappa shape index (κ3) is 2.49. The number of likely N-dealkylation sites (tertiary alicyclic amines) is 1. The summed E-state index contributed by atoms with van der Waals surface area (Å²) in [6.45, 7) is 1.38. The van der Waals surface area contributed by atoms with Crippen LogP contribution in [0.2, 0.25) is 0 Å². The van der Waals surface area contributed by atoms with Gasteiger partial charge in [-0.25, -0.2) is 4.68 Å². The molecule has 1 aliphatic carbocycles. The maximum Gasteiger partial charge on any atom is 0.246 e. The highest BCUT2D eigenvalue weighted by Gasteiger charge is 2.33. The second-order valence-electron chi connectivity index (χ2n) is 5.64. The number of aromatic nitrogens is 3. The zero-order valence-electron chi connectivity index (χ0n) is 11.6. The Morgan fingerprint density at radius 2 is 2.24 bits per heavy atom. The van der Waals surface area contributed by atoms with Gasteiger partial charge in [0.1, 0.15) is 5.76 Å². The fraction of sp³-hybridized carbons (Fsp3) is 0.400. The van der Waals surface area contributed by atoms with Crippen LogP contribution in [-0.2, 0) is 4.79 Å². The first-order valence-electron chi connectivity index (χ1n) is 7.22. The normalized spacial score (nSPS) is 19.1. The van der Waals surface area contributed by atoms with Gasteiger partial charge in [-0.3, -0.25) is 4.79 Å². The first-order valence-corrected chi connectivity index (χ1v) is 7.22. The number of carbonyl (C=O) groups excluding carboxylic acids is 1. The molecule has 0 aromatic carbocycles. The van der Waals surface area contributed by atoms with Crippen LogP contribution in [0.25, 0.3) is 6.08 Å². The monoisotopic (exact) mass is 284 g/mol. The molecule has 2 aliphatic rings. The van der Waals surface area contributed by atoms with E-state index in [-0.39, 0.29) is 11.9 Å². The molecule has 1 aliphatic heterocycles. The first-order chi connectivity index (χ1) is 10.3. The topological polar surface area (TPSA) is 64.2 Å². The van der Waals surface area contributed by atoms with Crippen LogP contribution >= 0.6 is 0 Å². The van der Waals surface area contributed by atoms with Gasteiger partial charge < -0.3 is 9.32 Å². The Bertz CT molecular complexity index is 664. The van der Waals surface area contributed by atoms with E-state index in [1.54, 1.807) is 29.4 Å². The highest BCUT2D eigenvalue weighted by Crippen LogP contribution is 2.39. The maximum absolute atomic E-state index is 12.0. The summed E-state index contributed by atoms with van der Waals surface area (Å²) in [7, 11) is 0. The molecule has 0 unspecified atom stereocenters. The van der Waals surface area contributed by atoms with Gasteiger partial charge in [-0.05, 0) is 31.1 Å². The fourth-order valence-corrected chi connectivity index (χ4v) is 2.48. The second kappa shape index (κ2) is 4.87. The van der Waals surface area contributed by atoms with Gasteiger partial charge >= 0.3 is 0 Å². The van der Waals surface area contributed by atoms with Crippen molar-refractivity contribution in [2.24, 2.45) is 0 Å². The van der Waals surface area contributed by atoms with Crippen LogP contribution in [0, 0.1) is 0 Å². The molecule has 2 fully saturated rings. The average Bonchev–Trinajstić information content (AvgIpc) is 2.97. The van der Waals surface area contributed by atoms with E-state index in [1.807, 2.05) is 16.9 Å². The van der Waals surface area contributed by atoms with Crippen LogP contribution < -0.4 is 0 Å². The molecule has 3 heterocycles. The van der Waals surface area contributed by atoms with E-state index >= 15 is 0 Å². The summed E-state index contributed by atoms with van der Waals surface area (Å²) in [5, 5.41) is 8.38. The minimum absolute atomic E-state index is 0.00480. The molecule has 0 bridgehead atoms. The molecule has 1 saturated carbocycles. The summed E-state index contributed by atoms with van der Waals surface area (Å²) in [4.78, 5) is 13.8. The van der Waals surface area contributed by atoms with Crippen molar-refractivity contribution in [3.8, 4) is 0 Å². The number of rotatable bonds is 4. The zero-order chi connectivity index (χ0) is 14.2. The Balaban J connectivity index is 1.32. The highest BCUT2D eigenvalue weighted by atomic mass is 16.3. The van der Waals surface area contributed by atoms with E-state index in [0.29, 0.717) is 24.8 Å². The molecule has 2 aromatic heterocycles. The Kier molecular flexibility index (Phi) is 2.87. The van der Waals surface area contributed by atoms with Crippen molar-refractivity contribution in [2.75, 3.05) is 13.1 Å². The second-order valence-corrected chi connectivity index (χ2v) is 5.64. The first kappa shape index (κ1) is 12.4. The summed E-state index contributed by atoms with van der Waals surface area (Å²) in [5.74, 6) is 1.31. The van der Waals surface area contributed by atoms with Crippen molar-refractivity contribution >= 4 is 12.0 Å². The van der Waals surface area contributed by atoms with Crippen molar-refractivity contribution in [3.63, 3.8) is 0 Å². The van der Waals surface area contributed by atoms with Gasteiger partial charge in [-0.2, -0.15) is 0 Å². The number of amides is 1. The largest absolute Gasteiger partial charge is 0.465 e. The molecule has 0 N–H and O–H groups in total. The predicted molar refractivity (Wildman–Crippen MR) is 75.4 cm³/mol. The quantitative estimate of drug-likeness (QED) is 0.804. The van der Waals surface area contributed by atoms with Crippen LogP contribution in [-0.4, -0.2) is 38.9 Å². The van der Waals surface area contributed by atoms with Crippen LogP contribution in [0.15, 0.2) is 35.1 Å². The third-order valence-corrected chi connectivity index (χ3v) is 4.01. The van der Waals surface area contributed by atoms with Crippen LogP contribution in [0.3, 0.4) is 0 Å². The molecule has 6 heteroatoms. The van der Waals surface area contributed by atoms with Gasteiger partial charge in [0.15, 0.2) is 0 Å². The van der Waals surface area contributed by atoms with Crippen molar-refractivity contribution in [2.45, 2.75) is 24.8 Å². The smallest absolute Gasteiger partial charge is 0.246 e. The average molecular weight is 284 g/mol. The predicted octanol–water partition coefficient (Wildman–Crippen LogP) is 1.85. The number of hydrogen-bond acceptors (Lipinski definition) is 4. The number of carbonyl (C=O) groups is 1. The van der Waals surface area contributed by atoms with Gasteiger partial charge in [-0.1, -0.05) is 5.21 Å². The van der Waals surface area contributed by atoms with Gasteiger partial charge in [0.2, 0.25) is 5.91 Å². The Labute approximate surface area is 122 Å². The van der Waals surface area contributed by atoms with Crippen molar-refractivity contribution in [1.29, 1.82) is 0 Å². The van der Waals surface area contributed by atoms with Gasteiger partial charge in [0, 0.05) is 31.3 Å². The minimum atomic E-state index is 0.00480. The summed E-state index contributed by atoms with van der Waals surface area (Å²) in [6, 6.07) is 3.87. The highest BCUT2D eigenvalue weighted by molar-refractivity contribution is 5.92.